The Morgan fingerprint density at radius 3 is 2.36 bits per heavy atom. The first-order valence-electron chi connectivity index (χ1n) is 2.85. The molecule has 0 heterocycles. The highest BCUT2D eigenvalue weighted by molar-refractivity contribution is 7.80. The number of hydrogen-bond donors (Lipinski definition) is 2. The highest BCUT2D eigenvalue weighted by Gasteiger charge is 1.92. The molecule has 6 heteroatoms. The molecule has 5 nitrogen and oxygen atoms in total. The smallest absolute Gasteiger partial charge is 0.184 e. The largest absolute Gasteiger partial charge is 0.792 e. The summed E-state index contributed by atoms with van der Waals surface area (Å²) in [5.74, 6) is 0. The average molecular weight is 173 g/mol. The van der Waals surface area contributed by atoms with Crippen molar-refractivity contribution >= 4 is 28.8 Å². The van der Waals surface area contributed by atoms with E-state index in [0.717, 1.165) is 0 Å². The van der Waals surface area contributed by atoms with E-state index in [2.05, 4.69) is 27.9 Å². The molecule has 0 unspecified atom stereocenters. The Morgan fingerprint density at radius 1 is 1.45 bits per heavy atom. The zero-order valence-corrected chi connectivity index (χ0v) is 7.10. The number of nitrogens with one attached hydrogen (secondary N) is 1. The quantitative estimate of drug-likeness (QED) is 0.353. The fraction of sp³-hybridized carbons (Fsp3) is 0.400. The van der Waals surface area contributed by atoms with Gasteiger partial charge in [0.05, 0.1) is 5.71 Å². The van der Waals surface area contributed by atoms with Gasteiger partial charge < -0.3 is 16.1 Å². The lowest BCUT2D eigenvalue weighted by atomic mass is 10.3. The predicted octanol–water partition coefficient (Wildman–Crippen LogP) is 0.154. The van der Waals surface area contributed by atoms with Gasteiger partial charge in [0, 0.05) is 5.71 Å². The number of hydrogen-bond acceptors (Lipinski definition) is 4. The summed E-state index contributed by atoms with van der Waals surface area (Å²) in [4.78, 5) is 0. The molecular weight excluding hydrogens is 164 g/mol. The van der Waals surface area contributed by atoms with E-state index in [1.807, 2.05) is 0 Å². The summed E-state index contributed by atoms with van der Waals surface area (Å²) < 4.78 is 0. The third kappa shape index (κ3) is 4.26. The van der Waals surface area contributed by atoms with Gasteiger partial charge in [0.2, 0.25) is 0 Å². The van der Waals surface area contributed by atoms with Gasteiger partial charge >= 0.3 is 0 Å². The number of thiocarbonyl (C=S) groups is 1. The second kappa shape index (κ2) is 4.62. The van der Waals surface area contributed by atoms with Crippen LogP contribution in [0.1, 0.15) is 13.8 Å². The topological polar surface area (TPSA) is 85.8 Å². The van der Waals surface area contributed by atoms with Gasteiger partial charge in [0.1, 0.15) is 0 Å². The van der Waals surface area contributed by atoms with Gasteiger partial charge in [-0.2, -0.15) is 5.10 Å². The first kappa shape index (κ1) is 9.83. The molecule has 0 rings (SSSR count). The van der Waals surface area contributed by atoms with Crippen molar-refractivity contribution in [1.29, 1.82) is 0 Å². The van der Waals surface area contributed by atoms with E-state index in [1.54, 1.807) is 13.8 Å². The Kier molecular flexibility index (Phi) is 4.12. The zero-order valence-electron chi connectivity index (χ0n) is 6.29. The van der Waals surface area contributed by atoms with Crippen LogP contribution in [0.25, 0.3) is 0 Å². The number of hydrazone groups is 1. The molecule has 0 atom stereocenters. The molecule has 0 bridgehead atoms. The molecule has 0 radical (unpaired) electrons. The van der Waals surface area contributed by atoms with Crippen molar-refractivity contribution < 1.29 is 0 Å². The van der Waals surface area contributed by atoms with Gasteiger partial charge in [-0.3, -0.25) is 5.43 Å². The van der Waals surface area contributed by atoms with Crippen LogP contribution in [0.15, 0.2) is 10.3 Å². The Morgan fingerprint density at radius 2 is 2.00 bits per heavy atom. The van der Waals surface area contributed by atoms with Gasteiger partial charge in [-0.1, -0.05) is 0 Å². The van der Waals surface area contributed by atoms with E-state index in [4.69, 9.17) is 5.73 Å². The minimum Gasteiger partial charge on any atom is -0.792 e. The van der Waals surface area contributed by atoms with Gasteiger partial charge in [-0.05, 0) is 26.1 Å². The number of rotatable bonds is 2. The monoisotopic (exact) mass is 173 g/mol. The van der Waals surface area contributed by atoms with Crippen LogP contribution in [0.2, 0.25) is 0 Å². The maximum Gasteiger partial charge on any atom is 0.184 e. The fourth-order valence-electron chi connectivity index (χ4n) is 0.286. The maximum atomic E-state index is 9.93. The molecular formula is C5H9N4OS-. The lowest BCUT2D eigenvalue weighted by Gasteiger charge is -2.01. The molecule has 11 heavy (non-hydrogen) atoms. The first-order chi connectivity index (χ1) is 5.07. The Balaban J connectivity index is 4.12. The molecule has 0 aliphatic rings. The molecule has 0 fully saturated rings. The van der Waals surface area contributed by atoms with Crippen LogP contribution in [0.4, 0.5) is 0 Å². The molecule has 0 spiro atoms. The lowest BCUT2D eigenvalue weighted by Crippen LogP contribution is -2.26. The van der Waals surface area contributed by atoms with E-state index in [0.29, 0.717) is 11.4 Å². The minimum atomic E-state index is 0.0584. The normalized spacial score (nSPS) is 12.9. The van der Waals surface area contributed by atoms with Crippen LogP contribution < -0.4 is 11.2 Å². The fourth-order valence-corrected chi connectivity index (χ4v) is 0.332. The summed E-state index contributed by atoms with van der Waals surface area (Å²) in [7, 11) is 0. The van der Waals surface area contributed by atoms with Crippen LogP contribution in [-0.2, 0) is 0 Å². The SMILES string of the molecule is CC(=N\[O-])/C(C)=N/NC(N)=S. The van der Waals surface area contributed by atoms with Crippen molar-refractivity contribution in [3.63, 3.8) is 0 Å². The molecule has 62 valence electrons. The highest BCUT2D eigenvalue weighted by atomic mass is 32.1. The van der Waals surface area contributed by atoms with Crippen LogP contribution in [0.5, 0.6) is 0 Å². The van der Waals surface area contributed by atoms with Crippen molar-refractivity contribution in [1.82, 2.24) is 5.43 Å². The number of nitrogens with two attached hydrogens (primary N) is 1. The molecule has 0 aromatic carbocycles. The maximum absolute atomic E-state index is 9.93. The summed E-state index contributed by atoms with van der Waals surface area (Å²) in [6.45, 7) is 3.18. The van der Waals surface area contributed by atoms with E-state index in [1.165, 1.54) is 0 Å². The summed E-state index contributed by atoms with van der Waals surface area (Å²) >= 11 is 4.48. The third-order valence-corrected chi connectivity index (χ3v) is 1.09. The number of nitrogens with zero attached hydrogens (tertiary/aromatic N) is 2. The molecule has 0 aliphatic carbocycles. The molecule has 3 N–H and O–H groups in total. The molecule has 0 saturated heterocycles. The van der Waals surface area contributed by atoms with Gasteiger partial charge in [-0.15, -0.1) is 0 Å². The molecule has 0 saturated carbocycles. The van der Waals surface area contributed by atoms with Crippen molar-refractivity contribution in [2.24, 2.45) is 16.0 Å². The molecule has 0 aliphatic heterocycles. The van der Waals surface area contributed by atoms with Crippen LogP contribution in [0.3, 0.4) is 0 Å². The standard InChI is InChI=1S/C5H10N4OS/c1-3(4(2)9-10)7-8-5(6)11/h10H,1-2H3,(H3,6,8,11)/p-1/b7-3+,9-4+. The van der Waals surface area contributed by atoms with Crippen molar-refractivity contribution in [2.45, 2.75) is 13.8 Å². The summed E-state index contributed by atoms with van der Waals surface area (Å²) in [5, 5.41) is 16.3. The second-order valence-corrected chi connectivity index (χ2v) is 2.29. The zero-order chi connectivity index (χ0) is 8.85. The van der Waals surface area contributed by atoms with Crippen molar-refractivity contribution in [3.8, 4) is 0 Å². The van der Waals surface area contributed by atoms with E-state index in [9.17, 15) is 5.21 Å². The molecule has 0 amide bonds. The first-order valence-corrected chi connectivity index (χ1v) is 3.25. The van der Waals surface area contributed by atoms with E-state index >= 15 is 0 Å². The lowest BCUT2D eigenvalue weighted by molar-refractivity contribution is 1.03. The van der Waals surface area contributed by atoms with Crippen LogP contribution in [0, 0.1) is 5.21 Å². The summed E-state index contributed by atoms with van der Waals surface area (Å²) in [6.07, 6.45) is 0. The molecule has 0 aromatic heterocycles. The Hall–Kier alpha value is -1.17. The highest BCUT2D eigenvalue weighted by Crippen LogP contribution is 1.81. The second-order valence-electron chi connectivity index (χ2n) is 1.85. The molecule has 0 aromatic rings. The van der Waals surface area contributed by atoms with E-state index in [-0.39, 0.29) is 5.11 Å². The Bertz CT molecular complexity index is 211. The third-order valence-electron chi connectivity index (χ3n) is 0.994. The van der Waals surface area contributed by atoms with E-state index < -0.39 is 0 Å². The Labute approximate surface area is 70.0 Å². The average Bonchev–Trinajstić information content (AvgIpc) is 1.98. The summed E-state index contributed by atoms with van der Waals surface area (Å²) in [6, 6.07) is 0. The van der Waals surface area contributed by atoms with Crippen LogP contribution in [-0.4, -0.2) is 16.5 Å². The van der Waals surface area contributed by atoms with Gasteiger partial charge in [0.15, 0.2) is 5.11 Å². The van der Waals surface area contributed by atoms with Gasteiger partial charge in [0.25, 0.3) is 0 Å². The van der Waals surface area contributed by atoms with Crippen molar-refractivity contribution in [2.75, 3.05) is 0 Å². The van der Waals surface area contributed by atoms with Crippen molar-refractivity contribution in [3.05, 3.63) is 5.21 Å². The summed E-state index contributed by atoms with van der Waals surface area (Å²) in [5.41, 5.74) is 8.18. The van der Waals surface area contributed by atoms with Gasteiger partial charge in [-0.25, -0.2) is 0 Å². The predicted molar refractivity (Wildman–Crippen MR) is 49.5 cm³/mol. The van der Waals surface area contributed by atoms with Crippen LogP contribution >= 0.6 is 12.2 Å². The minimum absolute atomic E-state index is 0.0584.